The average Bonchev–Trinajstić information content (AvgIpc) is 1.88. The van der Waals surface area contributed by atoms with E-state index in [2.05, 4.69) is 4.98 Å². The molecule has 11 heavy (non-hydrogen) atoms. The molecule has 0 bridgehead atoms. The highest BCUT2D eigenvalue weighted by atomic mass is 35.5. The van der Waals surface area contributed by atoms with E-state index in [9.17, 15) is 4.79 Å². The molecule has 2 N–H and O–H groups in total. The summed E-state index contributed by atoms with van der Waals surface area (Å²) in [4.78, 5) is 14.5. The third-order valence-corrected chi connectivity index (χ3v) is 1.23. The summed E-state index contributed by atoms with van der Waals surface area (Å²) < 4.78 is 0. The first-order valence-electron chi connectivity index (χ1n) is 2.92. The molecule has 0 saturated heterocycles. The van der Waals surface area contributed by atoms with Crippen LogP contribution in [0.4, 0.5) is 5.69 Å². The lowest BCUT2D eigenvalue weighted by Crippen LogP contribution is -1.99. The van der Waals surface area contributed by atoms with Crippen LogP contribution in [0.15, 0.2) is 18.5 Å². The van der Waals surface area contributed by atoms with Gasteiger partial charge in [0.25, 0.3) is 0 Å². The van der Waals surface area contributed by atoms with E-state index in [0.29, 0.717) is 11.3 Å². The number of ketones is 1. The van der Waals surface area contributed by atoms with Gasteiger partial charge in [-0.25, -0.2) is 0 Å². The minimum Gasteiger partial charge on any atom is -0.397 e. The van der Waals surface area contributed by atoms with Gasteiger partial charge in [0.2, 0.25) is 0 Å². The molecule has 0 spiro atoms. The van der Waals surface area contributed by atoms with Crippen LogP contribution in [-0.4, -0.2) is 10.8 Å². The summed E-state index contributed by atoms with van der Waals surface area (Å²) in [7, 11) is 0. The molecule has 0 aromatic carbocycles. The van der Waals surface area contributed by atoms with E-state index in [-0.39, 0.29) is 18.2 Å². The van der Waals surface area contributed by atoms with Gasteiger partial charge in [-0.2, -0.15) is 0 Å². The maximum Gasteiger partial charge on any atom is 0.161 e. The fourth-order valence-corrected chi connectivity index (χ4v) is 0.727. The number of aromatic nitrogens is 1. The molecule has 0 aliphatic heterocycles. The molecule has 1 aromatic heterocycles. The van der Waals surface area contributed by atoms with E-state index >= 15 is 0 Å². The average molecular weight is 173 g/mol. The van der Waals surface area contributed by atoms with Crippen molar-refractivity contribution in [1.82, 2.24) is 4.98 Å². The van der Waals surface area contributed by atoms with Crippen LogP contribution in [0.1, 0.15) is 17.3 Å². The number of carbonyl (C=O) groups is 1. The minimum atomic E-state index is -0.0279. The van der Waals surface area contributed by atoms with E-state index in [4.69, 9.17) is 5.73 Å². The van der Waals surface area contributed by atoms with Crippen LogP contribution in [0.25, 0.3) is 0 Å². The highest BCUT2D eigenvalue weighted by Gasteiger charge is 2.01. The molecule has 0 aliphatic rings. The largest absolute Gasteiger partial charge is 0.397 e. The van der Waals surface area contributed by atoms with Crippen LogP contribution in [0.2, 0.25) is 0 Å². The van der Waals surface area contributed by atoms with Gasteiger partial charge in [0.1, 0.15) is 0 Å². The third-order valence-electron chi connectivity index (χ3n) is 1.23. The zero-order valence-electron chi connectivity index (χ0n) is 6.07. The summed E-state index contributed by atoms with van der Waals surface area (Å²) in [5.41, 5.74) is 6.42. The van der Waals surface area contributed by atoms with Gasteiger partial charge < -0.3 is 5.73 Å². The van der Waals surface area contributed by atoms with Gasteiger partial charge in [-0.05, 0) is 13.0 Å². The van der Waals surface area contributed by atoms with Gasteiger partial charge in [0.05, 0.1) is 11.9 Å². The molecule has 0 fully saturated rings. The molecule has 1 rings (SSSR count). The molecule has 60 valence electrons. The standard InChI is InChI=1S/C7H8N2O.ClH/c1-5(10)6-2-3-9-4-7(6)8;/h2-4H,8H2,1H3;1H. The smallest absolute Gasteiger partial charge is 0.161 e. The van der Waals surface area contributed by atoms with Crippen molar-refractivity contribution in [2.75, 3.05) is 5.73 Å². The van der Waals surface area contributed by atoms with Gasteiger partial charge in [-0.15, -0.1) is 12.4 Å². The normalized spacial score (nSPS) is 8.45. The number of pyridine rings is 1. The Kier molecular flexibility index (Phi) is 3.54. The summed E-state index contributed by atoms with van der Waals surface area (Å²) in [6.45, 7) is 1.48. The molecule has 0 aliphatic carbocycles. The lowest BCUT2D eigenvalue weighted by molar-refractivity contribution is 0.101. The number of nitrogens with two attached hydrogens (primary N) is 1. The third kappa shape index (κ3) is 2.20. The summed E-state index contributed by atoms with van der Waals surface area (Å²) >= 11 is 0. The molecule has 1 aromatic rings. The lowest BCUT2D eigenvalue weighted by Gasteiger charge is -1.97. The van der Waals surface area contributed by atoms with E-state index < -0.39 is 0 Å². The molecular weight excluding hydrogens is 164 g/mol. The summed E-state index contributed by atoms with van der Waals surface area (Å²) in [6.07, 6.45) is 3.02. The fraction of sp³-hybridized carbons (Fsp3) is 0.143. The Hall–Kier alpha value is -1.09. The number of nitrogen functional groups attached to an aromatic ring is 1. The van der Waals surface area contributed by atoms with Gasteiger partial charge in [-0.1, -0.05) is 0 Å². The van der Waals surface area contributed by atoms with E-state index in [1.165, 1.54) is 13.1 Å². The van der Waals surface area contributed by atoms with Crippen LogP contribution >= 0.6 is 12.4 Å². The van der Waals surface area contributed by atoms with Crippen LogP contribution < -0.4 is 5.73 Å². The highest BCUT2D eigenvalue weighted by molar-refractivity contribution is 5.98. The molecule has 0 saturated carbocycles. The second kappa shape index (κ2) is 3.93. The Morgan fingerprint density at radius 3 is 2.64 bits per heavy atom. The van der Waals surface area contributed by atoms with Crippen molar-refractivity contribution in [1.29, 1.82) is 0 Å². The van der Waals surface area contributed by atoms with Crippen LogP contribution in [0.5, 0.6) is 0 Å². The van der Waals surface area contributed by atoms with Gasteiger partial charge >= 0.3 is 0 Å². The number of halogens is 1. The predicted molar refractivity (Wildman–Crippen MR) is 45.9 cm³/mol. The van der Waals surface area contributed by atoms with Gasteiger partial charge in [0, 0.05) is 11.8 Å². The molecule has 4 heteroatoms. The zero-order valence-corrected chi connectivity index (χ0v) is 6.89. The SMILES string of the molecule is CC(=O)c1ccncc1N.Cl. The van der Waals surface area contributed by atoms with Crippen molar-refractivity contribution < 1.29 is 4.79 Å². The quantitative estimate of drug-likeness (QED) is 0.650. The molecule has 0 radical (unpaired) electrons. The minimum absolute atomic E-state index is 0. The second-order valence-corrected chi connectivity index (χ2v) is 2.02. The summed E-state index contributed by atoms with van der Waals surface area (Å²) in [6, 6.07) is 1.61. The van der Waals surface area contributed by atoms with Crippen LogP contribution in [0.3, 0.4) is 0 Å². The molecule has 0 atom stereocenters. The van der Waals surface area contributed by atoms with Gasteiger partial charge in [-0.3, -0.25) is 9.78 Å². The fourth-order valence-electron chi connectivity index (χ4n) is 0.727. The van der Waals surface area contributed by atoms with Gasteiger partial charge in [0.15, 0.2) is 5.78 Å². The Balaban J connectivity index is 0.000001000. The van der Waals surface area contributed by atoms with Crippen molar-refractivity contribution >= 4 is 23.9 Å². The number of hydrogen-bond acceptors (Lipinski definition) is 3. The molecule has 0 amide bonds. The predicted octanol–water partition coefficient (Wildman–Crippen LogP) is 1.29. The topological polar surface area (TPSA) is 56.0 Å². The van der Waals surface area contributed by atoms with Crippen molar-refractivity contribution in [2.45, 2.75) is 6.92 Å². The van der Waals surface area contributed by atoms with E-state index in [1.54, 1.807) is 12.3 Å². The number of anilines is 1. The number of nitrogens with zero attached hydrogens (tertiary/aromatic N) is 1. The number of Topliss-reactive ketones (excluding diaryl/α,β-unsaturated/α-hetero) is 1. The zero-order chi connectivity index (χ0) is 7.56. The van der Waals surface area contributed by atoms with Crippen molar-refractivity contribution in [2.24, 2.45) is 0 Å². The van der Waals surface area contributed by atoms with E-state index in [1.807, 2.05) is 0 Å². The summed E-state index contributed by atoms with van der Waals surface area (Å²) in [5.74, 6) is -0.0279. The lowest BCUT2D eigenvalue weighted by atomic mass is 10.2. The first kappa shape index (κ1) is 9.91. The first-order chi connectivity index (χ1) is 4.72. The maximum atomic E-state index is 10.8. The Morgan fingerprint density at radius 2 is 2.27 bits per heavy atom. The Morgan fingerprint density at radius 1 is 1.64 bits per heavy atom. The number of rotatable bonds is 1. The molecule has 0 unspecified atom stereocenters. The van der Waals surface area contributed by atoms with E-state index in [0.717, 1.165) is 0 Å². The number of hydrogen-bond donors (Lipinski definition) is 1. The van der Waals surface area contributed by atoms with Crippen molar-refractivity contribution in [3.8, 4) is 0 Å². The molecule has 3 nitrogen and oxygen atoms in total. The van der Waals surface area contributed by atoms with Crippen LogP contribution in [0, 0.1) is 0 Å². The second-order valence-electron chi connectivity index (χ2n) is 2.02. The van der Waals surface area contributed by atoms with Crippen molar-refractivity contribution in [3.63, 3.8) is 0 Å². The summed E-state index contributed by atoms with van der Waals surface area (Å²) in [5, 5.41) is 0. The highest BCUT2D eigenvalue weighted by Crippen LogP contribution is 2.07. The monoisotopic (exact) mass is 172 g/mol. The Labute approximate surface area is 71.0 Å². The molecular formula is C7H9ClN2O. The molecule has 1 heterocycles. The van der Waals surface area contributed by atoms with Crippen LogP contribution in [-0.2, 0) is 0 Å². The number of carbonyl (C=O) groups excluding carboxylic acids is 1. The van der Waals surface area contributed by atoms with Crippen molar-refractivity contribution in [3.05, 3.63) is 24.0 Å². The Bertz CT molecular complexity index is 262. The first-order valence-corrected chi connectivity index (χ1v) is 2.92. The maximum absolute atomic E-state index is 10.8.